The largest absolute Gasteiger partial charge is 0.377 e. The summed E-state index contributed by atoms with van der Waals surface area (Å²) in [4.78, 5) is 2.25. The third-order valence-electron chi connectivity index (χ3n) is 1.98. The Morgan fingerprint density at radius 2 is 2.60 bits per heavy atom. The van der Waals surface area contributed by atoms with Gasteiger partial charge < -0.3 is 9.64 Å². The molecule has 0 spiro atoms. The number of hydrogen-bond acceptors (Lipinski definition) is 2. The molecule has 2 heteroatoms. The van der Waals surface area contributed by atoms with E-state index in [0.717, 1.165) is 26.2 Å². The highest BCUT2D eigenvalue weighted by molar-refractivity contribution is 4.81. The normalized spacial score (nSPS) is 26.5. The first-order valence-electron chi connectivity index (χ1n) is 3.84. The smallest absolute Gasteiger partial charge is 0.0670 e. The van der Waals surface area contributed by atoms with E-state index in [1.807, 2.05) is 6.20 Å². The Hall–Kier alpha value is -0.500. The molecule has 1 rings (SSSR count). The molecule has 0 aromatic heterocycles. The minimum absolute atomic E-state index is 0.561. The van der Waals surface area contributed by atoms with Gasteiger partial charge in [-0.05, 0) is 12.6 Å². The van der Waals surface area contributed by atoms with Crippen LogP contribution in [-0.2, 0) is 4.74 Å². The number of nitrogens with zero attached hydrogens (tertiary/aromatic N) is 1. The van der Waals surface area contributed by atoms with Crippen LogP contribution >= 0.6 is 0 Å². The van der Waals surface area contributed by atoms with Crippen molar-refractivity contribution in [2.45, 2.75) is 19.4 Å². The van der Waals surface area contributed by atoms with Crippen LogP contribution in [0.25, 0.3) is 0 Å². The van der Waals surface area contributed by atoms with Crippen molar-refractivity contribution in [2.24, 2.45) is 0 Å². The highest BCUT2D eigenvalue weighted by atomic mass is 16.5. The minimum Gasteiger partial charge on any atom is -0.377 e. The molecule has 2 nitrogen and oxygen atoms in total. The lowest BCUT2D eigenvalue weighted by Crippen LogP contribution is -2.41. The van der Waals surface area contributed by atoms with Gasteiger partial charge in [0, 0.05) is 6.54 Å². The number of rotatable bonds is 2. The van der Waals surface area contributed by atoms with Crippen LogP contribution in [0.5, 0.6) is 0 Å². The van der Waals surface area contributed by atoms with Gasteiger partial charge in [-0.1, -0.05) is 13.5 Å². The van der Waals surface area contributed by atoms with E-state index in [-0.39, 0.29) is 0 Å². The Labute approximate surface area is 62.5 Å². The molecule has 1 atom stereocenters. The molecule has 0 amide bonds. The molecule has 0 N–H and O–H groups in total. The van der Waals surface area contributed by atoms with Crippen molar-refractivity contribution < 1.29 is 4.74 Å². The van der Waals surface area contributed by atoms with E-state index in [0.29, 0.717) is 6.04 Å². The van der Waals surface area contributed by atoms with Crippen molar-refractivity contribution in [1.82, 2.24) is 4.90 Å². The second-order valence-electron chi connectivity index (χ2n) is 2.56. The Bertz CT molecular complexity index is 114. The van der Waals surface area contributed by atoms with Crippen molar-refractivity contribution in [2.75, 3.05) is 19.8 Å². The van der Waals surface area contributed by atoms with Gasteiger partial charge in [-0.2, -0.15) is 0 Å². The first kappa shape index (κ1) is 7.61. The molecule has 1 fully saturated rings. The van der Waals surface area contributed by atoms with E-state index >= 15 is 0 Å². The fraction of sp³-hybridized carbons (Fsp3) is 0.750. The van der Waals surface area contributed by atoms with E-state index in [1.165, 1.54) is 0 Å². The molecule has 1 aliphatic heterocycles. The summed E-state index contributed by atoms with van der Waals surface area (Å²) in [7, 11) is 0. The van der Waals surface area contributed by atoms with Gasteiger partial charge in [-0.25, -0.2) is 0 Å². The quantitative estimate of drug-likeness (QED) is 0.573. The molecule has 1 aliphatic rings. The molecule has 0 bridgehead atoms. The second-order valence-corrected chi connectivity index (χ2v) is 2.56. The van der Waals surface area contributed by atoms with E-state index in [2.05, 4.69) is 18.4 Å². The monoisotopic (exact) mass is 141 g/mol. The lowest BCUT2D eigenvalue weighted by molar-refractivity contribution is 0.0153. The van der Waals surface area contributed by atoms with Gasteiger partial charge in [-0.15, -0.1) is 0 Å². The Morgan fingerprint density at radius 1 is 1.80 bits per heavy atom. The lowest BCUT2D eigenvalue weighted by Gasteiger charge is -2.33. The van der Waals surface area contributed by atoms with Crippen molar-refractivity contribution >= 4 is 0 Å². The second kappa shape index (κ2) is 3.62. The highest BCUT2D eigenvalue weighted by Gasteiger charge is 2.16. The zero-order valence-corrected chi connectivity index (χ0v) is 6.55. The van der Waals surface area contributed by atoms with Gasteiger partial charge in [0.15, 0.2) is 0 Å². The summed E-state index contributed by atoms with van der Waals surface area (Å²) >= 11 is 0. The topological polar surface area (TPSA) is 12.5 Å². The maximum atomic E-state index is 5.32. The first-order valence-corrected chi connectivity index (χ1v) is 3.84. The van der Waals surface area contributed by atoms with Gasteiger partial charge in [0.05, 0.1) is 19.3 Å². The molecule has 58 valence electrons. The van der Waals surface area contributed by atoms with Crippen LogP contribution in [0.4, 0.5) is 0 Å². The van der Waals surface area contributed by atoms with E-state index < -0.39 is 0 Å². The SMILES string of the molecule is C=CN1CCOCC1CC. The molecule has 1 unspecified atom stereocenters. The van der Waals surface area contributed by atoms with Crippen molar-refractivity contribution in [1.29, 1.82) is 0 Å². The van der Waals surface area contributed by atoms with Crippen molar-refractivity contribution in [3.63, 3.8) is 0 Å². The van der Waals surface area contributed by atoms with Crippen LogP contribution in [0.2, 0.25) is 0 Å². The summed E-state index contributed by atoms with van der Waals surface area (Å²) in [5.41, 5.74) is 0. The summed E-state index contributed by atoms with van der Waals surface area (Å²) in [6, 6.07) is 0.561. The van der Waals surface area contributed by atoms with Crippen LogP contribution < -0.4 is 0 Å². The zero-order valence-electron chi connectivity index (χ0n) is 6.55. The van der Waals surface area contributed by atoms with Gasteiger partial charge >= 0.3 is 0 Å². The predicted molar refractivity (Wildman–Crippen MR) is 41.8 cm³/mol. The molecule has 10 heavy (non-hydrogen) atoms. The minimum atomic E-state index is 0.561. The maximum Gasteiger partial charge on any atom is 0.0670 e. The summed E-state index contributed by atoms with van der Waals surface area (Å²) < 4.78 is 5.32. The zero-order chi connectivity index (χ0) is 7.40. The molecule has 1 saturated heterocycles. The van der Waals surface area contributed by atoms with Crippen molar-refractivity contribution in [3.8, 4) is 0 Å². The maximum absolute atomic E-state index is 5.32. The van der Waals surface area contributed by atoms with E-state index in [9.17, 15) is 0 Å². The summed E-state index contributed by atoms with van der Waals surface area (Å²) in [5.74, 6) is 0. The number of hydrogen-bond donors (Lipinski definition) is 0. The van der Waals surface area contributed by atoms with Gasteiger partial charge in [0.2, 0.25) is 0 Å². The van der Waals surface area contributed by atoms with Crippen LogP contribution in [0.15, 0.2) is 12.8 Å². The van der Waals surface area contributed by atoms with Gasteiger partial charge in [0.1, 0.15) is 0 Å². The average molecular weight is 141 g/mol. The third-order valence-corrected chi connectivity index (χ3v) is 1.98. The molecule has 0 aliphatic carbocycles. The number of morpholine rings is 1. The van der Waals surface area contributed by atoms with Crippen LogP contribution in [-0.4, -0.2) is 30.7 Å². The molecule has 0 aromatic rings. The molecule has 0 aromatic carbocycles. The van der Waals surface area contributed by atoms with E-state index in [4.69, 9.17) is 4.74 Å². The Balaban J connectivity index is 2.41. The van der Waals surface area contributed by atoms with Crippen LogP contribution in [0.1, 0.15) is 13.3 Å². The lowest BCUT2D eigenvalue weighted by atomic mass is 10.2. The molecule has 0 saturated carbocycles. The predicted octanol–water partition coefficient (Wildman–Crippen LogP) is 1.24. The fourth-order valence-electron chi connectivity index (χ4n) is 1.26. The Morgan fingerprint density at radius 3 is 3.10 bits per heavy atom. The van der Waals surface area contributed by atoms with Gasteiger partial charge in [0.25, 0.3) is 0 Å². The number of ether oxygens (including phenoxy) is 1. The first-order chi connectivity index (χ1) is 4.88. The molecule has 0 radical (unpaired) electrons. The highest BCUT2D eigenvalue weighted by Crippen LogP contribution is 2.09. The van der Waals surface area contributed by atoms with Crippen molar-refractivity contribution in [3.05, 3.63) is 12.8 Å². The molecular formula is C8H15NO. The third kappa shape index (κ3) is 1.51. The van der Waals surface area contributed by atoms with Gasteiger partial charge in [-0.3, -0.25) is 0 Å². The summed E-state index contributed by atoms with van der Waals surface area (Å²) in [6.45, 7) is 8.64. The van der Waals surface area contributed by atoms with E-state index in [1.54, 1.807) is 0 Å². The standard InChI is InChI=1S/C8H15NO/c1-3-8-7-10-6-5-9(8)4-2/h4,8H,2-3,5-7H2,1H3. The Kier molecular flexibility index (Phi) is 2.75. The molecule has 1 heterocycles. The summed E-state index contributed by atoms with van der Waals surface area (Å²) in [5, 5.41) is 0. The van der Waals surface area contributed by atoms with Crippen LogP contribution in [0, 0.1) is 0 Å². The average Bonchev–Trinajstić information content (AvgIpc) is 2.04. The summed E-state index contributed by atoms with van der Waals surface area (Å²) in [6.07, 6.45) is 3.06. The fourth-order valence-corrected chi connectivity index (χ4v) is 1.26. The van der Waals surface area contributed by atoms with Crippen LogP contribution in [0.3, 0.4) is 0 Å². The molecular weight excluding hydrogens is 126 g/mol.